The third kappa shape index (κ3) is 3.44. The minimum absolute atomic E-state index is 0.161. The fourth-order valence-corrected chi connectivity index (χ4v) is 1.64. The van der Waals surface area contributed by atoms with Crippen LogP contribution in [0, 0.1) is 0 Å². The lowest BCUT2D eigenvalue weighted by Crippen LogP contribution is -2.33. The highest BCUT2D eigenvalue weighted by Gasteiger charge is 2.09. The number of hydrogen-bond acceptors (Lipinski definition) is 4. The van der Waals surface area contributed by atoms with Gasteiger partial charge in [0.05, 0.1) is 12.3 Å². The third-order valence-corrected chi connectivity index (χ3v) is 2.58. The van der Waals surface area contributed by atoms with Crippen molar-refractivity contribution in [1.29, 1.82) is 0 Å². The SMILES string of the molecule is CCOC(=O)CNC(=O)n1cnc(-c2ccccc2)c1. The average Bonchev–Trinajstić information content (AvgIpc) is 2.96. The van der Waals surface area contributed by atoms with E-state index < -0.39 is 12.0 Å². The Kier molecular flexibility index (Phi) is 4.49. The van der Waals surface area contributed by atoms with Crippen molar-refractivity contribution in [3.8, 4) is 11.3 Å². The van der Waals surface area contributed by atoms with Crippen LogP contribution in [0.5, 0.6) is 0 Å². The van der Waals surface area contributed by atoms with E-state index in [1.165, 1.54) is 10.9 Å². The maximum atomic E-state index is 11.8. The molecule has 0 atom stereocenters. The van der Waals surface area contributed by atoms with Crippen LogP contribution in [0.25, 0.3) is 11.3 Å². The number of esters is 1. The second-order valence-corrected chi connectivity index (χ2v) is 4.00. The van der Waals surface area contributed by atoms with E-state index in [0.29, 0.717) is 5.69 Å². The molecule has 20 heavy (non-hydrogen) atoms. The highest BCUT2D eigenvalue weighted by atomic mass is 16.5. The number of carbonyl (C=O) groups excluding carboxylic acids is 2. The van der Waals surface area contributed by atoms with Crippen LogP contribution in [-0.2, 0) is 9.53 Å². The Morgan fingerprint density at radius 2 is 2.05 bits per heavy atom. The van der Waals surface area contributed by atoms with Gasteiger partial charge in [-0.25, -0.2) is 9.78 Å². The summed E-state index contributed by atoms with van der Waals surface area (Å²) in [6.07, 6.45) is 3.01. The lowest BCUT2D eigenvalue weighted by atomic mass is 10.2. The first-order chi connectivity index (χ1) is 9.70. The maximum Gasteiger partial charge on any atom is 0.327 e. The number of nitrogens with zero attached hydrogens (tertiary/aromatic N) is 2. The van der Waals surface area contributed by atoms with E-state index in [2.05, 4.69) is 10.3 Å². The van der Waals surface area contributed by atoms with Gasteiger partial charge < -0.3 is 10.1 Å². The first kappa shape index (κ1) is 13.8. The van der Waals surface area contributed by atoms with Crippen LogP contribution in [0.3, 0.4) is 0 Å². The molecule has 0 aliphatic heterocycles. The van der Waals surface area contributed by atoms with Crippen molar-refractivity contribution in [2.24, 2.45) is 0 Å². The molecule has 0 fully saturated rings. The average molecular weight is 273 g/mol. The largest absolute Gasteiger partial charge is 0.465 e. The molecule has 1 aromatic heterocycles. The van der Waals surface area contributed by atoms with Crippen LogP contribution >= 0.6 is 0 Å². The summed E-state index contributed by atoms with van der Waals surface area (Å²) in [6.45, 7) is 1.84. The van der Waals surface area contributed by atoms with Crippen molar-refractivity contribution in [1.82, 2.24) is 14.9 Å². The van der Waals surface area contributed by atoms with Gasteiger partial charge in [0.25, 0.3) is 0 Å². The molecule has 2 aromatic rings. The summed E-state index contributed by atoms with van der Waals surface area (Å²) in [4.78, 5) is 27.1. The fraction of sp³-hybridized carbons (Fsp3) is 0.214. The van der Waals surface area contributed by atoms with Crippen LogP contribution in [-0.4, -0.2) is 34.7 Å². The number of benzene rings is 1. The zero-order valence-corrected chi connectivity index (χ0v) is 11.1. The summed E-state index contributed by atoms with van der Waals surface area (Å²) in [6, 6.07) is 9.09. The Bertz CT molecular complexity index is 593. The zero-order chi connectivity index (χ0) is 14.4. The molecule has 1 aromatic carbocycles. The zero-order valence-electron chi connectivity index (χ0n) is 11.1. The molecule has 1 N–H and O–H groups in total. The van der Waals surface area contributed by atoms with Gasteiger partial charge in [-0.2, -0.15) is 0 Å². The maximum absolute atomic E-state index is 11.8. The molecule has 1 heterocycles. The lowest BCUT2D eigenvalue weighted by molar-refractivity contribution is -0.141. The number of rotatable bonds is 4. The summed E-state index contributed by atoms with van der Waals surface area (Å²) in [7, 11) is 0. The second-order valence-electron chi connectivity index (χ2n) is 4.00. The topological polar surface area (TPSA) is 73.2 Å². The van der Waals surface area contributed by atoms with Gasteiger partial charge >= 0.3 is 12.0 Å². The number of amides is 1. The molecule has 0 bridgehead atoms. The highest BCUT2D eigenvalue weighted by molar-refractivity contribution is 5.82. The molecule has 6 heteroatoms. The predicted octanol–water partition coefficient (Wildman–Crippen LogP) is 1.67. The molecule has 0 unspecified atom stereocenters. The Labute approximate surface area is 116 Å². The lowest BCUT2D eigenvalue weighted by Gasteiger charge is -2.04. The minimum Gasteiger partial charge on any atom is -0.465 e. The van der Waals surface area contributed by atoms with E-state index in [0.717, 1.165) is 5.56 Å². The molecule has 1 amide bonds. The van der Waals surface area contributed by atoms with Gasteiger partial charge in [0.1, 0.15) is 12.9 Å². The summed E-state index contributed by atoms with van der Waals surface area (Å²) in [5.41, 5.74) is 1.61. The fourth-order valence-electron chi connectivity index (χ4n) is 1.64. The van der Waals surface area contributed by atoms with E-state index in [4.69, 9.17) is 4.74 Å². The van der Waals surface area contributed by atoms with E-state index >= 15 is 0 Å². The van der Waals surface area contributed by atoms with Crippen molar-refractivity contribution in [2.75, 3.05) is 13.2 Å². The third-order valence-electron chi connectivity index (χ3n) is 2.58. The summed E-state index contributed by atoms with van der Waals surface area (Å²) in [5, 5.41) is 2.46. The Balaban J connectivity index is 1.98. The molecule has 104 valence electrons. The summed E-state index contributed by atoms with van der Waals surface area (Å²) < 4.78 is 6.02. The number of imidazole rings is 1. The van der Waals surface area contributed by atoms with Gasteiger partial charge in [-0.1, -0.05) is 30.3 Å². The smallest absolute Gasteiger partial charge is 0.327 e. The molecular formula is C14H15N3O3. The minimum atomic E-state index is -0.468. The van der Waals surface area contributed by atoms with Crippen molar-refractivity contribution >= 4 is 12.0 Å². The summed E-state index contributed by atoms with van der Waals surface area (Å²) >= 11 is 0. The van der Waals surface area contributed by atoms with Crippen LogP contribution in [0.1, 0.15) is 6.92 Å². The quantitative estimate of drug-likeness (QED) is 0.860. The molecule has 0 radical (unpaired) electrons. The molecule has 0 spiro atoms. The molecule has 0 saturated heterocycles. The summed E-state index contributed by atoms with van der Waals surface area (Å²) in [5.74, 6) is -0.468. The van der Waals surface area contributed by atoms with E-state index in [1.54, 1.807) is 13.1 Å². The van der Waals surface area contributed by atoms with Gasteiger partial charge in [-0.05, 0) is 6.92 Å². The van der Waals surface area contributed by atoms with Crippen LogP contribution in [0.15, 0.2) is 42.9 Å². The van der Waals surface area contributed by atoms with E-state index in [1.807, 2.05) is 30.3 Å². The number of nitrogens with one attached hydrogen (secondary N) is 1. The predicted molar refractivity (Wildman–Crippen MR) is 73.1 cm³/mol. The Morgan fingerprint density at radius 1 is 1.30 bits per heavy atom. The van der Waals surface area contributed by atoms with E-state index in [-0.39, 0.29) is 13.2 Å². The van der Waals surface area contributed by atoms with Gasteiger partial charge in [0, 0.05) is 11.8 Å². The first-order valence-corrected chi connectivity index (χ1v) is 6.24. The first-order valence-electron chi connectivity index (χ1n) is 6.24. The van der Waals surface area contributed by atoms with Crippen LogP contribution in [0.4, 0.5) is 4.79 Å². The normalized spacial score (nSPS) is 10.1. The van der Waals surface area contributed by atoms with Crippen molar-refractivity contribution < 1.29 is 14.3 Å². The number of ether oxygens (including phenoxy) is 1. The van der Waals surface area contributed by atoms with Crippen molar-refractivity contribution in [3.05, 3.63) is 42.9 Å². The molecule has 6 nitrogen and oxygen atoms in total. The second kappa shape index (κ2) is 6.51. The monoisotopic (exact) mass is 273 g/mol. The Morgan fingerprint density at radius 3 is 2.75 bits per heavy atom. The molecule has 0 aliphatic rings. The molecular weight excluding hydrogens is 258 g/mol. The van der Waals surface area contributed by atoms with E-state index in [9.17, 15) is 9.59 Å². The highest BCUT2D eigenvalue weighted by Crippen LogP contribution is 2.15. The number of aromatic nitrogens is 2. The van der Waals surface area contributed by atoms with Crippen LogP contribution < -0.4 is 5.32 Å². The van der Waals surface area contributed by atoms with Crippen molar-refractivity contribution in [3.63, 3.8) is 0 Å². The molecule has 2 rings (SSSR count). The van der Waals surface area contributed by atoms with Gasteiger partial charge in [-0.3, -0.25) is 9.36 Å². The molecule has 0 aliphatic carbocycles. The standard InChI is InChI=1S/C14H15N3O3/c1-2-20-13(18)8-15-14(19)17-9-12(16-10-17)11-6-4-3-5-7-11/h3-7,9-10H,2,8H2,1H3,(H,15,19). The van der Waals surface area contributed by atoms with Gasteiger partial charge in [0.2, 0.25) is 0 Å². The van der Waals surface area contributed by atoms with Crippen LogP contribution in [0.2, 0.25) is 0 Å². The van der Waals surface area contributed by atoms with Crippen molar-refractivity contribution in [2.45, 2.75) is 6.92 Å². The Hall–Kier alpha value is -2.63. The van der Waals surface area contributed by atoms with Gasteiger partial charge in [0.15, 0.2) is 0 Å². The van der Waals surface area contributed by atoms with Gasteiger partial charge in [-0.15, -0.1) is 0 Å². The number of hydrogen-bond donors (Lipinski definition) is 1. The number of carbonyl (C=O) groups is 2. The molecule has 0 saturated carbocycles.